The monoisotopic (exact) mass is 236 g/mol. The molecule has 2 unspecified atom stereocenters. The molecule has 0 spiro atoms. The molecular formula is C13H24N4. The first-order valence-corrected chi connectivity index (χ1v) is 6.60. The van der Waals surface area contributed by atoms with Gasteiger partial charge in [0.1, 0.15) is 0 Å². The Morgan fingerprint density at radius 2 is 2.18 bits per heavy atom. The van der Waals surface area contributed by atoms with E-state index >= 15 is 0 Å². The molecule has 96 valence electrons. The predicted molar refractivity (Wildman–Crippen MR) is 69.6 cm³/mol. The Kier molecular flexibility index (Phi) is 3.84. The second-order valence-corrected chi connectivity index (χ2v) is 5.32. The zero-order chi connectivity index (χ0) is 12.4. The van der Waals surface area contributed by atoms with Crippen molar-refractivity contribution in [1.82, 2.24) is 14.7 Å². The SMILES string of the molecule is CC(C)N1CCCCC(N)C1c1ccnn1C. The summed E-state index contributed by atoms with van der Waals surface area (Å²) in [5.41, 5.74) is 7.63. The maximum atomic E-state index is 6.38. The molecule has 1 saturated heterocycles. The first kappa shape index (κ1) is 12.6. The van der Waals surface area contributed by atoms with Crippen molar-refractivity contribution in [2.75, 3.05) is 6.54 Å². The van der Waals surface area contributed by atoms with Crippen LogP contribution in [0.2, 0.25) is 0 Å². The van der Waals surface area contributed by atoms with Gasteiger partial charge >= 0.3 is 0 Å². The molecule has 1 aromatic rings. The molecule has 1 aliphatic heterocycles. The molecule has 2 N–H and O–H groups in total. The molecule has 0 aliphatic carbocycles. The second kappa shape index (κ2) is 5.19. The quantitative estimate of drug-likeness (QED) is 0.850. The first-order valence-electron chi connectivity index (χ1n) is 6.60. The number of nitrogens with zero attached hydrogens (tertiary/aromatic N) is 3. The van der Waals surface area contributed by atoms with E-state index in [1.165, 1.54) is 18.5 Å². The van der Waals surface area contributed by atoms with E-state index in [4.69, 9.17) is 5.73 Å². The van der Waals surface area contributed by atoms with Gasteiger partial charge in [-0.15, -0.1) is 0 Å². The fourth-order valence-corrected chi connectivity index (χ4v) is 2.86. The van der Waals surface area contributed by atoms with Gasteiger partial charge in [0.2, 0.25) is 0 Å². The highest BCUT2D eigenvalue weighted by Gasteiger charge is 2.31. The van der Waals surface area contributed by atoms with Gasteiger partial charge in [0.05, 0.1) is 11.7 Å². The minimum atomic E-state index is 0.218. The van der Waals surface area contributed by atoms with Gasteiger partial charge in [-0.25, -0.2) is 0 Å². The van der Waals surface area contributed by atoms with Crippen LogP contribution in [-0.2, 0) is 7.05 Å². The number of nitrogens with two attached hydrogens (primary N) is 1. The normalized spacial score (nSPS) is 27.4. The Hall–Kier alpha value is -0.870. The number of aryl methyl sites for hydroxylation is 1. The van der Waals surface area contributed by atoms with E-state index in [1.54, 1.807) is 0 Å². The van der Waals surface area contributed by atoms with Gasteiger partial charge < -0.3 is 5.73 Å². The van der Waals surface area contributed by atoms with Crippen molar-refractivity contribution in [3.05, 3.63) is 18.0 Å². The molecule has 0 amide bonds. The van der Waals surface area contributed by atoms with Crippen LogP contribution in [-0.4, -0.2) is 33.3 Å². The van der Waals surface area contributed by atoms with Crippen molar-refractivity contribution < 1.29 is 0 Å². The van der Waals surface area contributed by atoms with Crippen molar-refractivity contribution in [2.45, 2.75) is 51.2 Å². The maximum absolute atomic E-state index is 6.38. The van der Waals surface area contributed by atoms with Crippen molar-refractivity contribution in [1.29, 1.82) is 0 Å². The van der Waals surface area contributed by atoms with Crippen LogP contribution in [0.3, 0.4) is 0 Å². The molecular weight excluding hydrogens is 212 g/mol. The van der Waals surface area contributed by atoms with Crippen molar-refractivity contribution in [3.63, 3.8) is 0 Å². The Morgan fingerprint density at radius 3 is 2.76 bits per heavy atom. The Morgan fingerprint density at radius 1 is 1.41 bits per heavy atom. The van der Waals surface area contributed by atoms with E-state index in [1.807, 2.05) is 17.9 Å². The van der Waals surface area contributed by atoms with Crippen LogP contribution in [0, 0.1) is 0 Å². The smallest absolute Gasteiger partial charge is 0.0672 e. The fraction of sp³-hybridized carbons (Fsp3) is 0.769. The summed E-state index contributed by atoms with van der Waals surface area (Å²) in [5, 5.41) is 4.29. The summed E-state index contributed by atoms with van der Waals surface area (Å²) < 4.78 is 1.96. The summed E-state index contributed by atoms with van der Waals surface area (Å²) in [5.74, 6) is 0. The lowest BCUT2D eigenvalue weighted by molar-refractivity contribution is 0.137. The summed E-state index contributed by atoms with van der Waals surface area (Å²) in [4.78, 5) is 2.52. The van der Waals surface area contributed by atoms with E-state index in [-0.39, 0.29) is 6.04 Å². The van der Waals surface area contributed by atoms with Gasteiger partial charge in [-0.05, 0) is 39.3 Å². The number of rotatable bonds is 2. The summed E-state index contributed by atoms with van der Waals surface area (Å²) in [6.07, 6.45) is 5.46. The zero-order valence-corrected chi connectivity index (χ0v) is 11.1. The third-order valence-electron chi connectivity index (χ3n) is 3.79. The van der Waals surface area contributed by atoms with Crippen LogP contribution in [0.15, 0.2) is 12.3 Å². The molecule has 0 radical (unpaired) electrons. The summed E-state index contributed by atoms with van der Waals surface area (Å²) >= 11 is 0. The molecule has 0 saturated carbocycles. The van der Waals surface area contributed by atoms with Crippen LogP contribution in [0.25, 0.3) is 0 Å². The molecule has 2 atom stereocenters. The largest absolute Gasteiger partial charge is 0.326 e. The predicted octanol–water partition coefficient (Wildman–Crippen LogP) is 1.68. The molecule has 1 aromatic heterocycles. The molecule has 17 heavy (non-hydrogen) atoms. The summed E-state index contributed by atoms with van der Waals surface area (Å²) in [7, 11) is 2.01. The molecule has 0 bridgehead atoms. The lowest BCUT2D eigenvalue weighted by Gasteiger charge is -2.36. The number of likely N-dealkylation sites (tertiary alicyclic amines) is 1. The maximum Gasteiger partial charge on any atom is 0.0672 e. The van der Waals surface area contributed by atoms with Crippen LogP contribution in [0.5, 0.6) is 0 Å². The van der Waals surface area contributed by atoms with E-state index in [0.717, 1.165) is 13.0 Å². The van der Waals surface area contributed by atoms with Crippen LogP contribution in [0.1, 0.15) is 44.8 Å². The van der Waals surface area contributed by atoms with Crippen molar-refractivity contribution in [2.24, 2.45) is 12.8 Å². The van der Waals surface area contributed by atoms with Gasteiger partial charge in [0.25, 0.3) is 0 Å². The second-order valence-electron chi connectivity index (χ2n) is 5.32. The van der Waals surface area contributed by atoms with Gasteiger partial charge in [-0.1, -0.05) is 6.42 Å². The first-order chi connectivity index (χ1) is 8.11. The molecule has 0 aromatic carbocycles. The lowest BCUT2D eigenvalue weighted by atomic mass is 10.00. The number of hydrogen-bond donors (Lipinski definition) is 1. The molecule has 4 heteroatoms. The molecule has 4 nitrogen and oxygen atoms in total. The van der Waals surface area contributed by atoms with Crippen LogP contribution >= 0.6 is 0 Å². The van der Waals surface area contributed by atoms with Gasteiger partial charge in [-0.3, -0.25) is 9.58 Å². The topological polar surface area (TPSA) is 47.1 Å². The third kappa shape index (κ3) is 2.53. The zero-order valence-electron chi connectivity index (χ0n) is 11.1. The van der Waals surface area contributed by atoms with E-state index < -0.39 is 0 Å². The summed E-state index contributed by atoms with van der Waals surface area (Å²) in [6, 6.07) is 3.16. The van der Waals surface area contributed by atoms with E-state index in [9.17, 15) is 0 Å². The Labute approximate surface area is 104 Å². The molecule has 2 heterocycles. The van der Waals surface area contributed by atoms with Crippen molar-refractivity contribution in [3.8, 4) is 0 Å². The average molecular weight is 236 g/mol. The Bertz CT molecular complexity index is 358. The highest BCUT2D eigenvalue weighted by molar-refractivity contribution is 5.11. The van der Waals surface area contributed by atoms with E-state index in [0.29, 0.717) is 12.1 Å². The highest BCUT2D eigenvalue weighted by atomic mass is 15.3. The molecule has 2 rings (SSSR count). The van der Waals surface area contributed by atoms with Gasteiger partial charge in [-0.2, -0.15) is 5.10 Å². The third-order valence-corrected chi connectivity index (χ3v) is 3.79. The standard InChI is InChI=1S/C13H24N4/c1-10(2)17-9-5-4-6-11(14)13(17)12-7-8-15-16(12)3/h7-8,10-11,13H,4-6,9,14H2,1-3H3. The minimum absolute atomic E-state index is 0.218. The van der Waals surface area contributed by atoms with Gasteiger partial charge in [0, 0.05) is 25.3 Å². The van der Waals surface area contributed by atoms with Crippen LogP contribution in [0.4, 0.5) is 0 Å². The Balaban J connectivity index is 2.33. The molecule has 1 aliphatic rings. The fourth-order valence-electron chi connectivity index (χ4n) is 2.86. The minimum Gasteiger partial charge on any atom is -0.326 e. The highest BCUT2D eigenvalue weighted by Crippen LogP contribution is 2.30. The van der Waals surface area contributed by atoms with Gasteiger partial charge in [0.15, 0.2) is 0 Å². The lowest BCUT2D eigenvalue weighted by Crippen LogP contribution is -2.44. The van der Waals surface area contributed by atoms with Crippen molar-refractivity contribution >= 4 is 0 Å². The van der Waals surface area contributed by atoms with E-state index in [2.05, 4.69) is 29.9 Å². The number of hydrogen-bond acceptors (Lipinski definition) is 3. The summed E-state index contributed by atoms with van der Waals surface area (Å²) in [6.45, 7) is 5.64. The number of aromatic nitrogens is 2. The average Bonchev–Trinajstić information content (AvgIpc) is 2.58. The molecule has 1 fully saturated rings. The van der Waals surface area contributed by atoms with Crippen LogP contribution < -0.4 is 5.73 Å².